The number of aliphatic hydroxyl groups is 1. The van der Waals surface area contributed by atoms with Crippen molar-refractivity contribution in [1.29, 1.82) is 0 Å². The second-order valence-electron chi connectivity index (χ2n) is 19.8. The first-order valence-electron chi connectivity index (χ1n) is 27.1. The van der Waals surface area contributed by atoms with E-state index < -0.39 is 60.6 Å². The molecule has 8 aromatic rings. The molecule has 0 spiro atoms. The van der Waals surface area contributed by atoms with E-state index in [0.717, 1.165) is 43.8 Å². The monoisotopic (exact) mass is 1100 g/mol. The predicted octanol–water partition coefficient (Wildman–Crippen LogP) is 10.5. The Morgan fingerprint density at radius 3 is 1.46 bits per heavy atom. The average Bonchev–Trinajstić information content (AvgIpc) is 3.97. The van der Waals surface area contributed by atoms with E-state index in [1.165, 1.54) is 0 Å². The van der Waals surface area contributed by atoms with Crippen molar-refractivity contribution in [2.45, 2.75) is 118 Å². The molecular formula is C65H69N3O11S. The fourth-order valence-corrected chi connectivity index (χ4v) is 10.9. The van der Waals surface area contributed by atoms with Crippen molar-refractivity contribution >= 4 is 11.8 Å². The Balaban J connectivity index is 0.807. The molecule has 2 fully saturated rings. The Morgan fingerprint density at radius 2 is 0.900 bits per heavy atom. The molecule has 0 unspecified atom stereocenters. The lowest BCUT2D eigenvalue weighted by Crippen LogP contribution is -2.60. The number of aromatic nitrogens is 3. The van der Waals surface area contributed by atoms with E-state index in [2.05, 4.69) is 64.9 Å². The summed E-state index contributed by atoms with van der Waals surface area (Å²) in [5.74, 6) is 0. The van der Waals surface area contributed by atoms with Gasteiger partial charge in [0.2, 0.25) is 0 Å². The summed E-state index contributed by atoms with van der Waals surface area (Å²) in [6.07, 6.45) is -4.46. The highest BCUT2D eigenvalue weighted by molar-refractivity contribution is 7.99. The molecule has 0 saturated carbocycles. The van der Waals surface area contributed by atoms with Crippen molar-refractivity contribution in [2.24, 2.45) is 0 Å². The molecule has 80 heavy (non-hydrogen) atoms. The topological polar surface area (TPSA) is 143 Å². The van der Waals surface area contributed by atoms with Crippen molar-refractivity contribution in [3.05, 3.63) is 257 Å². The molecule has 416 valence electrons. The van der Waals surface area contributed by atoms with Crippen LogP contribution in [0.5, 0.6) is 0 Å². The van der Waals surface area contributed by atoms with E-state index in [4.69, 9.17) is 47.4 Å². The number of hydrogen-bond acceptors (Lipinski definition) is 14. The smallest absolute Gasteiger partial charge is 0.186 e. The molecule has 2 saturated heterocycles. The third kappa shape index (κ3) is 16.4. The minimum absolute atomic E-state index is 0.0891. The highest BCUT2D eigenvalue weighted by Crippen LogP contribution is 2.39. The maximum atomic E-state index is 11.8. The van der Waals surface area contributed by atoms with Crippen molar-refractivity contribution in [2.75, 3.05) is 20.3 Å². The van der Waals surface area contributed by atoms with Crippen LogP contribution in [-0.2, 0) is 100 Å². The first-order chi connectivity index (χ1) is 39.5. The molecule has 14 nitrogen and oxygen atoms in total. The molecule has 10 rings (SSSR count). The van der Waals surface area contributed by atoms with Crippen LogP contribution in [0.2, 0.25) is 0 Å². The van der Waals surface area contributed by atoms with Gasteiger partial charge in [-0.25, -0.2) is 4.68 Å². The maximum Gasteiger partial charge on any atom is 0.186 e. The lowest BCUT2D eigenvalue weighted by molar-refractivity contribution is -0.315. The summed E-state index contributed by atoms with van der Waals surface area (Å²) in [5.41, 5.74) is 7.14. The Bertz CT molecular complexity index is 3010. The van der Waals surface area contributed by atoms with E-state index in [1.807, 2.05) is 158 Å². The van der Waals surface area contributed by atoms with Crippen molar-refractivity contribution in [1.82, 2.24) is 15.0 Å². The largest absolute Gasteiger partial charge is 0.387 e. The molecule has 1 aromatic heterocycles. The van der Waals surface area contributed by atoms with Gasteiger partial charge in [0, 0.05) is 12.0 Å². The Labute approximate surface area is 472 Å². The van der Waals surface area contributed by atoms with E-state index in [-0.39, 0.29) is 33.0 Å². The van der Waals surface area contributed by atoms with Gasteiger partial charge in [0.05, 0.1) is 72.2 Å². The average molecular weight is 1100 g/mol. The first kappa shape index (κ1) is 56.8. The quantitative estimate of drug-likeness (QED) is 0.0497. The number of nitrogens with zero attached hydrogens (tertiary/aromatic N) is 3. The van der Waals surface area contributed by atoms with Crippen LogP contribution in [0.25, 0.3) is 0 Å². The second-order valence-corrected chi connectivity index (χ2v) is 21.0. The summed E-state index contributed by atoms with van der Waals surface area (Å²) in [6, 6.07) is 68.3. The van der Waals surface area contributed by atoms with Gasteiger partial charge in [-0.15, -0.1) is 5.10 Å². The van der Waals surface area contributed by atoms with Gasteiger partial charge in [-0.3, -0.25) is 0 Å². The van der Waals surface area contributed by atoms with Crippen molar-refractivity contribution in [3.8, 4) is 0 Å². The van der Waals surface area contributed by atoms with Crippen LogP contribution in [0.1, 0.15) is 44.6 Å². The summed E-state index contributed by atoms with van der Waals surface area (Å²) >= 11 is 1.58. The molecule has 10 atom stereocenters. The lowest BCUT2D eigenvalue weighted by atomic mass is 9.98. The standard InChI is InChI=1S/C65H69N3O11S/c1-70-64-62(76-43-51-29-16-6-17-30-51)60(74-41-49-25-12-4-13-26-49)58(69)56(78-64)45-72-39-53-32-20-31-52(35-53)36-68-37-54(66-67-68)44-77-63-61(75-42-50-27-14-5-15-28-50)59(73-40-48-23-10-3-11-24-48)57(46-71-38-47-21-8-2-9-22-47)79-65(63)80-55-33-18-7-19-34-55/h2-35,37,56-65,69H,36,38-46H2,1H3/t56-,57-,58-,59-,60+,61+,62-,63-,64+,65+/m1/s1. The van der Waals surface area contributed by atoms with Gasteiger partial charge in [0.15, 0.2) is 6.29 Å². The first-order valence-corrected chi connectivity index (χ1v) is 28.0. The molecular weight excluding hydrogens is 1030 g/mol. The van der Waals surface area contributed by atoms with Gasteiger partial charge in [-0.2, -0.15) is 0 Å². The van der Waals surface area contributed by atoms with Gasteiger partial charge in [0.1, 0.15) is 60.0 Å². The van der Waals surface area contributed by atoms with E-state index in [1.54, 1.807) is 23.6 Å². The fraction of sp³-hybridized carbons (Fsp3) is 0.323. The fourth-order valence-electron chi connectivity index (χ4n) is 9.79. The molecule has 15 heteroatoms. The van der Waals surface area contributed by atoms with Crippen LogP contribution in [-0.4, -0.2) is 101 Å². The van der Waals surface area contributed by atoms with Gasteiger partial charge in [0.25, 0.3) is 0 Å². The summed E-state index contributed by atoms with van der Waals surface area (Å²) in [7, 11) is 1.56. The number of benzene rings is 7. The van der Waals surface area contributed by atoms with Crippen molar-refractivity contribution in [3.63, 3.8) is 0 Å². The highest BCUT2D eigenvalue weighted by atomic mass is 32.2. The second kappa shape index (κ2) is 29.9. The maximum absolute atomic E-state index is 11.8. The number of ether oxygens (including phenoxy) is 10. The third-order valence-electron chi connectivity index (χ3n) is 13.9. The van der Waals surface area contributed by atoms with Gasteiger partial charge < -0.3 is 52.5 Å². The van der Waals surface area contributed by atoms with Crippen LogP contribution >= 0.6 is 11.8 Å². The van der Waals surface area contributed by atoms with Crippen LogP contribution in [0.3, 0.4) is 0 Å². The third-order valence-corrected chi connectivity index (χ3v) is 15.0. The lowest BCUT2D eigenvalue weighted by Gasteiger charge is -2.46. The number of rotatable bonds is 28. The highest BCUT2D eigenvalue weighted by Gasteiger charge is 2.50. The number of thioether (sulfide) groups is 1. The number of methoxy groups -OCH3 is 1. The van der Waals surface area contributed by atoms with Crippen molar-refractivity contribution < 1.29 is 52.5 Å². The summed E-state index contributed by atoms with van der Waals surface area (Å²) < 4.78 is 67.2. The SMILES string of the molecule is CO[C@H]1O[C@H](COCc2cccc(Cn3cc(CO[C@@H]4[C@@H](OCc5ccccc5)[C@H](OCc5ccccc5)[C@@H](COCc5ccccc5)O[C@H]4Sc4ccccc4)nn3)c2)[C@@H](O)[C@H](OCc2ccccc2)[C@H]1OCc1ccccc1. The minimum atomic E-state index is -1.06. The number of hydrogen-bond donors (Lipinski definition) is 1. The molecule has 0 bridgehead atoms. The van der Waals surface area contributed by atoms with E-state index in [0.29, 0.717) is 38.7 Å². The molecule has 1 N–H and O–H groups in total. The van der Waals surface area contributed by atoms with Crippen LogP contribution in [0, 0.1) is 0 Å². The molecule has 2 aliphatic rings. The van der Waals surface area contributed by atoms with Crippen LogP contribution in [0.4, 0.5) is 0 Å². The molecule has 7 aromatic carbocycles. The minimum Gasteiger partial charge on any atom is -0.387 e. The zero-order valence-corrected chi connectivity index (χ0v) is 45.6. The molecule has 0 radical (unpaired) electrons. The Hall–Kier alpha value is -6.41. The zero-order chi connectivity index (χ0) is 54.6. The predicted molar refractivity (Wildman–Crippen MR) is 303 cm³/mol. The van der Waals surface area contributed by atoms with Gasteiger partial charge >= 0.3 is 0 Å². The van der Waals surface area contributed by atoms with E-state index in [9.17, 15) is 5.11 Å². The summed E-state index contributed by atoms with van der Waals surface area (Å²) in [6.45, 7) is 2.87. The normalized spacial score (nSPS) is 23.0. The van der Waals surface area contributed by atoms with Crippen LogP contribution in [0.15, 0.2) is 217 Å². The summed E-state index contributed by atoms with van der Waals surface area (Å²) in [4.78, 5) is 1.02. The Kier molecular flexibility index (Phi) is 21.2. The molecule has 0 aliphatic carbocycles. The molecule has 0 amide bonds. The number of aliphatic hydroxyl groups excluding tert-OH is 1. The summed E-state index contributed by atoms with van der Waals surface area (Å²) in [5, 5.41) is 20.9. The zero-order valence-electron chi connectivity index (χ0n) is 44.8. The molecule has 3 heterocycles. The Morgan fingerprint density at radius 1 is 0.450 bits per heavy atom. The van der Waals surface area contributed by atoms with Crippen LogP contribution < -0.4 is 0 Å². The molecule has 2 aliphatic heterocycles. The van der Waals surface area contributed by atoms with Gasteiger partial charge in [-0.05, 0) is 51.1 Å². The van der Waals surface area contributed by atoms with E-state index >= 15 is 0 Å². The van der Waals surface area contributed by atoms with Gasteiger partial charge in [-0.1, -0.05) is 211 Å².